The Balaban J connectivity index is 0.000000157. The Morgan fingerprint density at radius 3 is 1.72 bits per heavy atom. The lowest BCUT2D eigenvalue weighted by Gasteiger charge is -2.29. The van der Waals surface area contributed by atoms with Crippen molar-refractivity contribution in [1.82, 2.24) is 29.1 Å². The number of aromatic nitrogens is 6. The van der Waals surface area contributed by atoms with Gasteiger partial charge in [-0.05, 0) is 72.5 Å². The van der Waals surface area contributed by atoms with E-state index in [4.69, 9.17) is 11.5 Å². The van der Waals surface area contributed by atoms with Crippen LogP contribution < -0.4 is 22.6 Å². The number of nitrogen functional groups attached to an aromatic ring is 2. The molecule has 4 heterocycles. The second-order valence-electron chi connectivity index (χ2n) is 10.6. The highest BCUT2D eigenvalue weighted by Crippen LogP contribution is 2.37. The van der Waals surface area contributed by atoms with Crippen LogP contribution in [-0.4, -0.2) is 41.6 Å². The van der Waals surface area contributed by atoms with Crippen molar-refractivity contribution in [3.8, 4) is 11.1 Å². The van der Waals surface area contributed by atoms with Crippen molar-refractivity contribution >= 4 is 72.9 Å². The first kappa shape index (κ1) is 29.6. The van der Waals surface area contributed by atoms with Gasteiger partial charge in [0.05, 0.1) is 27.7 Å². The van der Waals surface area contributed by atoms with E-state index >= 15 is 0 Å². The summed E-state index contributed by atoms with van der Waals surface area (Å²) >= 11 is 6.21. The molecule has 0 atom stereocenters. The summed E-state index contributed by atoms with van der Waals surface area (Å²) in [7, 11) is 0. The first-order chi connectivity index (χ1) is 20.8. The van der Waals surface area contributed by atoms with Crippen LogP contribution in [0.2, 0.25) is 0 Å². The Bertz CT molecular complexity index is 1960. The fraction of sp³-hybridized carbons (Fsp3) is 0.333. The largest absolute Gasteiger partial charge is 0.397 e. The molecular weight excluding hydrogens is 648 g/mol. The molecule has 0 radical (unpaired) electrons. The highest BCUT2D eigenvalue weighted by molar-refractivity contribution is 9.10. The molecule has 2 fully saturated rings. The number of fused-ring (bicyclic) bond motifs is 2. The van der Waals surface area contributed by atoms with Crippen LogP contribution >= 0.6 is 39.5 Å². The molecule has 2 aliphatic carbocycles. The van der Waals surface area contributed by atoms with Crippen LogP contribution in [0.3, 0.4) is 0 Å². The second-order valence-corrected chi connectivity index (χ2v) is 12.9. The van der Waals surface area contributed by atoms with Crippen molar-refractivity contribution in [3.05, 3.63) is 67.9 Å². The molecule has 222 valence electrons. The van der Waals surface area contributed by atoms with Crippen molar-refractivity contribution < 1.29 is 0 Å². The van der Waals surface area contributed by atoms with Gasteiger partial charge in [0.15, 0.2) is 10.3 Å². The van der Waals surface area contributed by atoms with E-state index in [2.05, 4.69) is 35.9 Å². The number of anilines is 2. The Kier molecular flexibility index (Phi) is 8.47. The van der Waals surface area contributed by atoms with Gasteiger partial charge in [-0.15, -0.1) is 0 Å². The minimum atomic E-state index is -0.0968. The van der Waals surface area contributed by atoms with E-state index in [1.54, 1.807) is 17.0 Å². The van der Waals surface area contributed by atoms with Crippen molar-refractivity contribution in [2.75, 3.05) is 24.0 Å². The number of pyridine rings is 2. The van der Waals surface area contributed by atoms with E-state index in [1.807, 2.05) is 47.4 Å². The van der Waals surface area contributed by atoms with Gasteiger partial charge in [0.25, 0.3) is 11.1 Å². The first-order valence-corrected chi connectivity index (χ1v) is 17.3. The third kappa shape index (κ3) is 5.31. The average Bonchev–Trinajstić information content (AvgIpc) is 2.98. The van der Waals surface area contributed by atoms with Gasteiger partial charge in [-0.3, -0.25) is 18.7 Å². The molecule has 0 spiro atoms. The Morgan fingerprint density at radius 1 is 0.767 bits per heavy atom. The highest BCUT2D eigenvalue weighted by atomic mass is 79.9. The van der Waals surface area contributed by atoms with Gasteiger partial charge in [0, 0.05) is 24.5 Å². The number of hydrogen-bond donors (Lipinski definition) is 2. The van der Waals surface area contributed by atoms with Gasteiger partial charge >= 0.3 is 0 Å². The molecule has 7 rings (SSSR count). The molecule has 0 saturated heterocycles. The van der Waals surface area contributed by atoms with E-state index in [0.717, 1.165) is 54.9 Å². The van der Waals surface area contributed by atoms with Crippen molar-refractivity contribution in [1.29, 1.82) is 0 Å². The van der Waals surface area contributed by atoms with E-state index in [-0.39, 0.29) is 23.2 Å². The molecule has 0 amide bonds. The molecule has 0 aliphatic heterocycles. The first-order valence-electron chi connectivity index (χ1n) is 14.0. The zero-order valence-electron chi connectivity index (χ0n) is 23.8. The number of rotatable bonds is 5. The van der Waals surface area contributed by atoms with Crippen LogP contribution in [0.15, 0.2) is 67.1 Å². The third-order valence-electron chi connectivity index (χ3n) is 8.18. The molecule has 4 aromatic heterocycles. The lowest BCUT2D eigenvalue weighted by atomic mass is 9.92. The molecule has 5 aromatic rings. The number of nitrogens with zero attached hydrogens (tertiary/aromatic N) is 6. The molecule has 43 heavy (non-hydrogen) atoms. The van der Waals surface area contributed by atoms with Crippen LogP contribution in [0.5, 0.6) is 0 Å². The van der Waals surface area contributed by atoms with E-state index in [1.165, 1.54) is 23.5 Å². The number of halogens is 1. The summed E-state index contributed by atoms with van der Waals surface area (Å²) < 4.78 is 4.01. The van der Waals surface area contributed by atoms with Crippen LogP contribution in [0.25, 0.3) is 33.2 Å². The Hall–Kier alpha value is -3.42. The number of hydrogen-bond acceptors (Lipinski definition) is 10. The fourth-order valence-electron chi connectivity index (χ4n) is 5.41. The van der Waals surface area contributed by atoms with Crippen LogP contribution in [0.1, 0.15) is 50.6 Å². The lowest BCUT2D eigenvalue weighted by molar-refractivity contribution is 0.312. The summed E-state index contributed by atoms with van der Waals surface area (Å²) in [6, 6.07) is 10.0. The van der Waals surface area contributed by atoms with E-state index < -0.39 is 0 Å². The van der Waals surface area contributed by atoms with Crippen LogP contribution in [0.4, 0.5) is 11.4 Å². The van der Waals surface area contributed by atoms with E-state index in [9.17, 15) is 9.59 Å². The SMILES string of the molecule is CSc1ncc2c(N)c(-c3ccccc3)c(=O)n(C3CCC3)c2n1.CSc1ncc2c(N)c(Br)c(=O)n(C3CCC3)c2n1. The Labute approximate surface area is 264 Å². The van der Waals surface area contributed by atoms with Gasteiger partial charge in [-0.2, -0.15) is 0 Å². The molecule has 2 aliphatic rings. The van der Waals surface area contributed by atoms with Gasteiger partial charge in [-0.1, -0.05) is 53.9 Å². The van der Waals surface area contributed by atoms with Crippen LogP contribution in [-0.2, 0) is 0 Å². The summed E-state index contributed by atoms with van der Waals surface area (Å²) in [5.74, 6) is 0. The average molecular weight is 680 g/mol. The molecule has 1 aromatic carbocycles. The zero-order valence-corrected chi connectivity index (χ0v) is 27.0. The van der Waals surface area contributed by atoms with Gasteiger partial charge in [-0.25, -0.2) is 19.9 Å². The zero-order chi connectivity index (χ0) is 30.2. The fourth-order valence-corrected chi connectivity index (χ4v) is 6.49. The molecular formula is C30H31BrN8O2S2. The molecule has 0 bridgehead atoms. The predicted octanol–water partition coefficient (Wildman–Crippen LogP) is 6.07. The molecule has 0 unspecified atom stereocenters. The van der Waals surface area contributed by atoms with Crippen LogP contribution in [0, 0.1) is 0 Å². The van der Waals surface area contributed by atoms with Gasteiger partial charge < -0.3 is 11.5 Å². The standard InChI is InChI=1S/C18H18N4OS.C12H13BrN4OS/c1-24-18-20-10-13-15(19)14(11-6-3-2-4-7-11)17(23)22(16(13)21-18)12-8-5-9-12;1-19-12-15-5-7-9(14)8(13)11(18)17(10(7)16-12)6-3-2-4-6/h2-4,6-7,10,12H,5,8-9,19H2,1H3;5-6H,2-4,14H2,1H3. The molecule has 4 N–H and O–H groups in total. The Morgan fingerprint density at radius 2 is 1.26 bits per heavy atom. The van der Waals surface area contributed by atoms with Crippen molar-refractivity contribution in [3.63, 3.8) is 0 Å². The maximum absolute atomic E-state index is 13.3. The molecule has 10 nitrogen and oxygen atoms in total. The smallest absolute Gasteiger partial charge is 0.268 e. The maximum atomic E-state index is 13.3. The summed E-state index contributed by atoms with van der Waals surface area (Å²) in [4.78, 5) is 43.3. The van der Waals surface area contributed by atoms with Gasteiger partial charge in [0.1, 0.15) is 15.8 Å². The summed E-state index contributed by atoms with van der Waals surface area (Å²) in [5, 5.41) is 2.79. The number of nitrogens with two attached hydrogens (primary N) is 2. The summed E-state index contributed by atoms with van der Waals surface area (Å²) in [6.45, 7) is 0. The van der Waals surface area contributed by atoms with Gasteiger partial charge in [0.2, 0.25) is 0 Å². The lowest BCUT2D eigenvalue weighted by Crippen LogP contribution is -2.31. The maximum Gasteiger partial charge on any atom is 0.268 e. The quantitative estimate of drug-likeness (QED) is 0.166. The summed E-state index contributed by atoms with van der Waals surface area (Å²) in [5.41, 5.74) is 15.8. The molecule has 2 saturated carbocycles. The minimum Gasteiger partial charge on any atom is -0.397 e. The summed E-state index contributed by atoms with van der Waals surface area (Å²) in [6.07, 6.45) is 13.6. The minimum absolute atomic E-state index is 0.0540. The monoisotopic (exact) mass is 678 g/mol. The molecule has 13 heteroatoms. The van der Waals surface area contributed by atoms with E-state index in [0.29, 0.717) is 43.0 Å². The second kappa shape index (κ2) is 12.3. The van der Waals surface area contributed by atoms with Crippen molar-refractivity contribution in [2.45, 2.75) is 60.9 Å². The topological polar surface area (TPSA) is 148 Å². The highest BCUT2D eigenvalue weighted by Gasteiger charge is 2.27. The van der Waals surface area contributed by atoms with Crippen molar-refractivity contribution in [2.24, 2.45) is 0 Å². The number of benzene rings is 1. The normalized spacial score (nSPS) is 15.1. The number of thioether (sulfide) groups is 2. The predicted molar refractivity (Wildman–Crippen MR) is 179 cm³/mol. The third-order valence-corrected chi connectivity index (χ3v) is 10.1.